The number of carbonyl (C=O) groups excluding carboxylic acids is 1. The highest BCUT2D eigenvalue weighted by molar-refractivity contribution is 6.31. The molecule has 4 nitrogen and oxygen atoms in total. The van der Waals surface area contributed by atoms with Crippen LogP contribution in [-0.2, 0) is 0 Å². The second-order valence-electron chi connectivity index (χ2n) is 5.17. The van der Waals surface area contributed by atoms with E-state index in [-0.39, 0.29) is 12.5 Å². The number of carbonyl (C=O) groups is 1. The summed E-state index contributed by atoms with van der Waals surface area (Å²) in [7, 11) is 1.51. The highest BCUT2D eigenvalue weighted by atomic mass is 35.5. The molecule has 0 bridgehead atoms. The average molecular weight is 298 g/mol. The molecule has 0 radical (unpaired) electrons. The minimum atomic E-state index is -0.480. The molecule has 1 saturated carbocycles. The van der Waals surface area contributed by atoms with Crippen molar-refractivity contribution in [1.29, 1.82) is 0 Å². The largest absolute Gasteiger partial charge is 0.496 e. The van der Waals surface area contributed by atoms with E-state index in [4.69, 9.17) is 16.3 Å². The summed E-state index contributed by atoms with van der Waals surface area (Å²) in [6.45, 7) is 0.263. The minimum Gasteiger partial charge on any atom is -0.496 e. The number of aliphatic hydroxyl groups excluding tert-OH is 1. The number of hydrogen-bond donors (Lipinski definition) is 2. The van der Waals surface area contributed by atoms with Gasteiger partial charge in [-0.15, -0.1) is 0 Å². The van der Waals surface area contributed by atoms with E-state index >= 15 is 0 Å². The number of benzene rings is 1. The van der Waals surface area contributed by atoms with E-state index in [1.165, 1.54) is 7.11 Å². The molecule has 1 fully saturated rings. The molecule has 2 N–H and O–H groups in total. The van der Waals surface area contributed by atoms with Crippen molar-refractivity contribution in [2.24, 2.45) is 5.92 Å². The first kappa shape index (κ1) is 15.1. The molecular formula is C15H20ClNO3. The Labute approximate surface area is 124 Å². The van der Waals surface area contributed by atoms with Crippen molar-refractivity contribution in [1.82, 2.24) is 5.32 Å². The number of amides is 1. The van der Waals surface area contributed by atoms with Gasteiger partial charge in [0, 0.05) is 11.6 Å². The summed E-state index contributed by atoms with van der Waals surface area (Å²) in [6, 6.07) is 4.90. The lowest BCUT2D eigenvalue weighted by molar-refractivity contribution is 0.0838. The van der Waals surface area contributed by atoms with Gasteiger partial charge in [0.15, 0.2) is 0 Å². The van der Waals surface area contributed by atoms with E-state index < -0.39 is 6.10 Å². The number of methoxy groups -OCH3 is 1. The quantitative estimate of drug-likeness (QED) is 0.878. The number of halogens is 1. The third-order valence-corrected chi connectivity index (χ3v) is 4.06. The second kappa shape index (κ2) is 6.95. The molecule has 1 aliphatic rings. The van der Waals surface area contributed by atoms with Crippen molar-refractivity contribution in [3.05, 3.63) is 28.8 Å². The van der Waals surface area contributed by atoms with Crippen LogP contribution in [0.4, 0.5) is 0 Å². The van der Waals surface area contributed by atoms with E-state index in [0.717, 1.165) is 25.7 Å². The van der Waals surface area contributed by atoms with Crippen LogP contribution in [0.1, 0.15) is 36.0 Å². The van der Waals surface area contributed by atoms with Gasteiger partial charge in [-0.2, -0.15) is 0 Å². The Balaban J connectivity index is 1.95. The monoisotopic (exact) mass is 297 g/mol. The van der Waals surface area contributed by atoms with Crippen LogP contribution in [0, 0.1) is 5.92 Å². The van der Waals surface area contributed by atoms with Crippen molar-refractivity contribution in [3.8, 4) is 5.75 Å². The topological polar surface area (TPSA) is 58.6 Å². The second-order valence-corrected chi connectivity index (χ2v) is 5.60. The molecular weight excluding hydrogens is 278 g/mol. The highest BCUT2D eigenvalue weighted by Crippen LogP contribution is 2.27. The zero-order valence-corrected chi connectivity index (χ0v) is 12.3. The predicted molar refractivity (Wildman–Crippen MR) is 78.3 cm³/mol. The van der Waals surface area contributed by atoms with Gasteiger partial charge in [-0.25, -0.2) is 0 Å². The molecule has 0 aromatic heterocycles. The summed E-state index contributed by atoms with van der Waals surface area (Å²) in [5.74, 6) is 0.500. The smallest absolute Gasteiger partial charge is 0.255 e. The first-order chi connectivity index (χ1) is 9.61. The van der Waals surface area contributed by atoms with Gasteiger partial charge in [0.05, 0.1) is 18.8 Å². The molecule has 1 unspecified atom stereocenters. The summed E-state index contributed by atoms with van der Waals surface area (Å²) < 4.78 is 5.15. The van der Waals surface area contributed by atoms with Crippen LogP contribution >= 0.6 is 11.6 Å². The third-order valence-electron chi connectivity index (χ3n) is 3.82. The molecule has 20 heavy (non-hydrogen) atoms. The van der Waals surface area contributed by atoms with Crippen LogP contribution in [0.5, 0.6) is 5.75 Å². The van der Waals surface area contributed by atoms with Crippen LogP contribution in [0.3, 0.4) is 0 Å². The molecule has 0 aliphatic heterocycles. The molecule has 1 amide bonds. The van der Waals surface area contributed by atoms with Crippen LogP contribution in [0.15, 0.2) is 18.2 Å². The van der Waals surface area contributed by atoms with Crippen molar-refractivity contribution in [3.63, 3.8) is 0 Å². The van der Waals surface area contributed by atoms with Gasteiger partial charge < -0.3 is 15.2 Å². The number of hydrogen-bond acceptors (Lipinski definition) is 3. The van der Waals surface area contributed by atoms with E-state index in [9.17, 15) is 9.90 Å². The van der Waals surface area contributed by atoms with E-state index in [1.807, 2.05) is 0 Å². The fourth-order valence-electron chi connectivity index (χ4n) is 2.66. The maximum absolute atomic E-state index is 12.1. The molecule has 0 heterocycles. The summed E-state index contributed by atoms with van der Waals surface area (Å²) in [5, 5.41) is 13.3. The fraction of sp³-hybridized carbons (Fsp3) is 0.533. The van der Waals surface area contributed by atoms with Crippen molar-refractivity contribution in [2.75, 3.05) is 13.7 Å². The van der Waals surface area contributed by atoms with E-state index in [1.54, 1.807) is 18.2 Å². The molecule has 0 saturated heterocycles. The Bertz CT molecular complexity index is 472. The molecule has 0 spiro atoms. The Hall–Kier alpha value is -1.26. The third kappa shape index (κ3) is 3.64. The van der Waals surface area contributed by atoms with Gasteiger partial charge >= 0.3 is 0 Å². The molecule has 1 atom stereocenters. The Kier molecular flexibility index (Phi) is 5.26. The molecule has 5 heteroatoms. The first-order valence-corrected chi connectivity index (χ1v) is 7.29. The van der Waals surface area contributed by atoms with Crippen LogP contribution < -0.4 is 10.1 Å². The van der Waals surface area contributed by atoms with Crippen molar-refractivity contribution >= 4 is 17.5 Å². The zero-order valence-electron chi connectivity index (χ0n) is 11.6. The van der Waals surface area contributed by atoms with Gasteiger partial charge in [-0.3, -0.25) is 4.79 Å². The minimum absolute atomic E-state index is 0.263. The Morgan fingerprint density at radius 1 is 1.50 bits per heavy atom. The molecule has 1 aliphatic carbocycles. The van der Waals surface area contributed by atoms with E-state index in [2.05, 4.69) is 5.32 Å². The Morgan fingerprint density at radius 3 is 2.85 bits per heavy atom. The standard InChI is InChI=1S/C15H20ClNO3/c1-20-14-7-6-11(16)8-12(14)15(19)17-9-13(18)10-4-2-3-5-10/h6-8,10,13,18H,2-5,9H2,1H3,(H,17,19). The van der Waals surface area contributed by atoms with Gasteiger partial charge in [0.25, 0.3) is 5.91 Å². The van der Waals surface area contributed by atoms with Crippen molar-refractivity contribution in [2.45, 2.75) is 31.8 Å². The summed E-state index contributed by atoms with van der Waals surface area (Å²) >= 11 is 5.90. The lowest BCUT2D eigenvalue weighted by atomic mass is 10.0. The predicted octanol–water partition coefficient (Wildman–Crippen LogP) is 2.63. The average Bonchev–Trinajstić information content (AvgIpc) is 2.98. The van der Waals surface area contributed by atoms with Gasteiger partial charge in [-0.1, -0.05) is 24.4 Å². The number of nitrogens with one attached hydrogen (secondary N) is 1. The fourth-order valence-corrected chi connectivity index (χ4v) is 2.83. The zero-order chi connectivity index (χ0) is 14.5. The summed E-state index contributed by atoms with van der Waals surface area (Å²) in [6.07, 6.45) is 3.93. The first-order valence-electron chi connectivity index (χ1n) is 6.91. The lowest BCUT2D eigenvalue weighted by Gasteiger charge is -2.18. The number of rotatable bonds is 5. The summed E-state index contributed by atoms with van der Waals surface area (Å²) in [4.78, 5) is 12.1. The normalized spacial score (nSPS) is 16.9. The van der Waals surface area contributed by atoms with Gasteiger partial charge in [-0.05, 0) is 37.0 Å². The van der Waals surface area contributed by atoms with Crippen LogP contribution in [0.25, 0.3) is 0 Å². The molecule has 2 rings (SSSR count). The molecule has 110 valence electrons. The molecule has 1 aromatic rings. The highest BCUT2D eigenvalue weighted by Gasteiger charge is 2.24. The van der Waals surface area contributed by atoms with Crippen LogP contribution in [0.2, 0.25) is 5.02 Å². The van der Waals surface area contributed by atoms with E-state index in [0.29, 0.717) is 22.3 Å². The maximum atomic E-state index is 12.1. The summed E-state index contributed by atoms with van der Waals surface area (Å²) in [5.41, 5.74) is 0.388. The van der Waals surface area contributed by atoms with Gasteiger partial charge in [0.2, 0.25) is 0 Å². The lowest BCUT2D eigenvalue weighted by Crippen LogP contribution is -2.35. The SMILES string of the molecule is COc1ccc(Cl)cc1C(=O)NCC(O)C1CCCC1. The number of ether oxygens (including phenoxy) is 1. The number of aliphatic hydroxyl groups is 1. The molecule has 1 aromatic carbocycles. The Morgan fingerprint density at radius 2 is 2.20 bits per heavy atom. The van der Waals surface area contributed by atoms with Gasteiger partial charge in [0.1, 0.15) is 5.75 Å². The maximum Gasteiger partial charge on any atom is 0.255 e. The van der Waals surface area contributed by atoms with Crippen LogP contribution in [-0.4, -0.2) is 30.8 Å². The van der Waals surface area contributed by atoms with Crippen molar-refractivity contribution < 1.29 is 14.6 Å².